The molecular weight excluding hydrogens is 368 g/mol. The first-order valence-electron chi connectivity index (χ1n) is 9.10. The normalized spacial score (nSPS) is 13.3. The number of benzene rings is 3. The van der Waals surface area contributed by atoms with E-state index in [1.807, 2.05) is 0 Å². The van der Waals surface area contributed by atoms with Crippen molar-refractivity contribution in [3.8, 4) is 11.3 Å². The second kappa shape index (κ2) is 9.45. The maximum atomic E-state index is 5.54. The first-order chi connectivity index (χ1) is 12.9. The van der Waals surface area contributed by atoms with Gasteiger partial charge in [-0.2, -0.15) is 0 Å². The van der Waals surface area contributed by atoms with E-state index in [2.05, 4.69) is 77.7 Å². The Labute approximate surface area is 169 Å². The zero-order valence-corrected chi connectivity index (χ0v) is 16.1. The molecule has 0 atom stereocenters. The van der Waals surface area contributed by atoms with Crippen LogP contribution in [0.4, 0.5) is 5.69 Å². The molecule has 29 heavy (non-hydrogen) atoms. The highest BCUT2D eigenvalue weighted by molar-refractivity contribution is 5.95. The van der Waals surface area contributed by atoms with Crippen molar-refractivity contribution < 1.29 is 21.2 Å². The van der Waals surface area contributed by atoms with Gasteiger partial charge in [0, 0.05) is 29.7 Å². The molecule has 0 radical (unpaired) electrons. The first-order valence-corrected chi connectivity index (χ1v) is 9.10. The van der Waals surface area contributed by atoms with Crippen molar-refractivity contribution >= 4 is 27.4 Å². The molecule has 1 fully saturated rings. The van der Waals surface area contributed by atoms with Crippen molar-refractivity contribution in [2.24, 2.45) is 0 Å². The molecule has 6 nitrogen and oxygen atoms in total. The fourth-order valence-corrected chi connectivity index (χ4v) is 3.72. The molecule has 1 saturated heterocycles. The van der Waals surface area contributed by atoms with Gasteiger partial charge < -0.3 is 26.1 Å². The lowest BCUT2D eigenvalue weighted by Crippen LogP contribution is -2.36. The van der Waals surface area contributed by atoms with E-state index in [0.29, 0.717) is 0 Å². The van der Waals surface area contributed by atoms with Gasteiger partial charge in [0.1, 0.15) is 0 Å². The number of pyridine rings is 1. The second-order valence-electron chi connectivity index (χ2n) is 6.71. The first kappa shape index (κ1) is 22.3. The van der Waals surface area contributed by atoms with Gasteiger partial charge in [-0.25, -0.2) is 4.98 Å². The standard InChI is InChI=1S/C23H20N2O.3H2O/c1-2-6-18-15-19(10-9-17(18)5-1)22-16-23(25-11-13-26-14-12-25)20-7-3-4-8-21(20)24-22;;;/h1-10,15-16H,11-14H2;3*1H2. The Morgan fingerprint density at radius 3 is 2.21 bits per heavy atom. The van der Waals surface area contributed by atoms with E-state index in [1.165, 1.54) is 21.8 Å². The molecule has 2 heterocycles. The molecule has 0 amide bonds. The zero-order valence-electron chi connectivity index (χ0n) is 16.1. The van der Waals surface area contributed by atoms with Crippen LogP contribution in [0.5, 0.6) is 0 Å². The van der Waals surface area contributed by atoms with Crippen molar-refractivity contribution in [3.63, 3.8) is 0 Å². The van der Waals surface area contributed by atoms with Crippen LogP contribution >= 0.6 is 0 Å². The zero-order chi connectivity index (χ0) is 17.3. The molecule has 3 aromatic carbocycles. The topological polar surface area (TPSA) is 120 Å². The fourth-order valence-electron chi connectivity index (χ4n) is 3.72. The van der Waals surface area contributed by atoms with Crippen molar-refractivity contribution in [3.05, 3.63) is 72.8 Å². The molecule has 1 aliphatic heterocycles. The Morgan fingerprint density at radius 1 is 0.724 bits per heavy atom. The third kappa shape index (κ3) is 4.21. The van der Waals surface area contributed by atoms with Crippen LogP contribution in [0.3, 0.4) is 0 Å². The van der Waals surface area contributed by atoms with Crippen LogP contribution in [0.25, 0.3) is 32.9 Å². The van der Waals surface area contributed by atoms with Crippen molar-refractivity contribution in [2.45, 2.75) is 0 Å². The summed E-state index contributed by atoms with van der Waals surface area (Å²) in [6.45, 7) is 3.40. The Bertz CT molecular complexity index is 1090. The van der Waals surface area contributed by atoms with E-state index >= 15 is 0 Å². The van der Waals surface area contributed by atoms with Gasteiger partial charge in [-0.05, 0) is 29.0 Å². The second-order valence-corrected chi connectivity index (χ2v) is 6.71. The van der Waals surface area contributed by atoms with Crippen molar-refractivity contribution in [1.29, 1.82) is 0 Å². The quantitative estimate of drug-likeness (QED) is 0.519. The average Bonchev–Trinajstić information content (AvgIpc) is 2.73. The minimum absolute atomic E-state index is 0. The van der Waals surface area contributed by atoms with E-state index in [0.717, 1.165) is 43.1 Å². The lowest BCUT2D eigenvalue weighted by molar-refractivity contribution is 0.123. The molecule has 6 heteroatoms. The summed E-state index contributed by atoms with van der Waals surface area (Å²) in [5.74, 6) is 0. The van der Waals surface area contributed by atoms with Crippen LogP contribution in [-0.4, -0.2) is 47.7 Å². The summed E-state index contributed by atoms with van der Waals surface area (Å²) in [7, 11) is 0. The highest BCUT2D eigenvalue weighted by Gasteiger charge is 2.16. The van der Waals surface area contributed by atoms with Crippen LogP contribution in [0.15, 0.2) is 72.8 Å². The Hall–Kier alpha value is -3.03. The van der Waals surface area contributed by atoms with Gasteiger partial charge in [0.2, 0.25) is 0 Å². The molecule has 0 spiro atoms. The summed E-state index contributed by atoms with van der Waals surface area (Å²) in [5.41, 5.74) is 4.47. The molecule has 152 valence electrons. The Balaban J connectivity index is 0.000001000. The highest BCUT2D eigenvalue weighted by atomic mass is 16.5. The summed E-state index contributed by atoms with van der Waals surface area (Å²) in [4.78, 5) is 7.36. The van der Waals surface area contributed by atoms with Gasteiger partial charge in [0.15, 0.2) is 0 Å². The van der Waals surface area contributed by atoms with Gasteiger partial charge in [0.05, 0.1) is 24.4 Å². The predicted octanol–water partition coefficient (Wildman–Crippen LogP) is 2.42. The molecule has 0 bridgehead atoms. The predicted molar refractivity (Wildman–Crippen MR) is 119 cm³/mol. The minimum Gasteiger partial charge on any atom is -0.412 e. The average molecular weight is 394 g/mol. The molecule has 0 aliphatic carbocycles. The van der Waals surface area contributed by atoms with E-state index < -0.39 is 0 Å². The summed E-state index contributed by atoms with van der Waals surface area (Å²) < 4.78 is 5.54. The molecule has 4 aromatic rings. The number of aromatic nitrogens is 1. The maximum Gasteiger partial charge on any atom is 0.0730 e. The monoisotopic (exact) mass is 394 g/mol. The summed E-state index contributed by atoms with van der Waals surface area (Å²) in [5, 5.41) is 3.71. The SMILES string of the molecule is O.O.O.c1ccc2cc(-c3cc(N4CCOCC4)c4ccccc4n3)ccc2c1. The van der Waals surface area contributed by atoms with E-state index in [4.69, 9.17) is 9.72 Å². The lowest BCUT2D eigenvalue weighted by Gasteiger charge is -2.30. The smallest absolute Gasteiger partial charge is 0.0730 e. The summed E-state index contributed by atoms with van der Waals surface area (Å²) in [6.07, 6.45) is 0. The Morgan fingerprint density at radius 2 is 1.41 bits per heavy atom. The summed E-state index contributed by atoms with van der Waals surface area (Å²) >= 11 is 0. The van der Waals surface area contributed by atoms with Gasteiger partial charge in [-0.15, -0.1) is 0 Å². The maximum absolute atomic E-state index is 5.54. The molecule has 1 aromatic heterocycles. The van der Waals surface area contributed by atoms with E-state index in [9.17, 15) is 0 Å². The van der Waals surface area contributed by atoms with Gasteiger partial charge in [-0.1, -0.05) is 54.6 Å². The number of hydrogen-bond donors (Lipinski definition) is 0. The number of rotatable bonds is 2. The summed E-state index contributed by atoms with van der Waals surface area (Å²) in [6, 6.07) is 25.7. The molecule has 5 rings (SSSR count). The highest BCUT2D eigenvalue weighted by Crippen LogP contribution is 2.32. The number of morpholine rings is 1. The van der Waals surface area contributed by atoms with Crippen molar-refractivity contribution in [2.75, 3.05) is 31.2 Å². The van der Waals surface area contributed by atoms with Crippen LogP contribution < -0.4 is 4.90 Å². The van der Waals surface area contributed by atoms with Crippen molar-refractivity contribution in [1.82, 2.24) is 4.98 Å². The minimum atomic E-state index is 0. The number of fused-ring (bicyclic) bond motifs is 2. The van der Waals surface area contributed by atoms with Gasteiger partial charge >= 0.3 is 0 Å². The largest absolute Gasteiger partial charge is 0.412 e. The molecule has 1 aliphatic rings. The Kier molecular flexibility index (Phi) is 7.25. The number of hydrogen-bond acceptors (Lipinski definition) is 3. The number of nitrogens with zero attached hydrogens (tertiary/aromatic N) is 2. The molecule has 6 N–H and O–H groups in total. The van der Waals surface area contributed by atoms with Crippen LogP contribution in [-0.2, 0) is 4.74 Å². The van der Waals surface area contributed by atoms with Gasteiger partial charge in [-0.3, -0.25) is 0 Å². The number of ether oxygens (including phenoxy) is 1. The van der Waals surface area contributed by atoms with E-state index in [1.54, 1.807) is 0 Å². The van der Waals surface area contributed by atoms with Crippen LogP contribution in [0, 0.1) is 0 Å². The van der Waals surface area contributed by atoms with E-state index in [-0.39, 0.29) is 16.4 Å². The van der Waals surface area contributed by atoms with Crippen LogP contribution in [0.1, 0.15) is 0 Å². The fraction of sp³-hybridized carbons (Fsp3) is 0.174. The number of para-hydroxylation sites is 1. The van der Waals surface area contributed by atoms with Gasteiger partial charge in [0.25, 0.3) is 0 Å². The molecular formula is C23H26N2O4. The number of anilines is 1. The lowest BCUT2D eigenvalue weighted by atomic mass is 10.0. The third-order valence-electron chi connectivity index (χ3n) is 5.09. The molecule has 0 unspecified atom stereocenters. The van der Waals surface area contributed by atoms with Crippen LogP contribution in [0.2, 0.25) is 0 Å². The third-order valence-corrected chi connectivity index (χ3v) is 5.09. The molecule has 0 saturated carbocycles.